The number of amides is 4. The van der Waals surface area contributed by atoms with Gasteiger partial charge in [0.05, 0.1) is 18.9 Å². The summed E-state index contributed by atoms with van der Waals surface area (Å²) in [4.78, 5) is 61.7. The third kappa shape index (κ3) is 8.42. The van der Waals surface area contributed by atoms with E-state index in [0.29, 0.717) is 31.1 Å². The Morgan fingerprint density at radius 3 is 2.52 bits per heavy atom. The van der Waals surface area contributed by atoms with Gasteiger partial charge in [-0.05, 0) is 89.3 Å². The number of ether oxygens (including phenoxy) is 3. The van der Waals surface area contributed by atoms with Crippen LogP contribution in [0.5, 0.6) is 11.6 Å². The Hall–Kier alpha value is -4.47. The minimum Gasteiger partial charge on any atom is -0.494 e. The second kappa shape index (κ2) is 15.0. The maximum absolute atomic E-state index is 15.2. The third-order valence-electron chi connectivity index (χ3n) is 10.6. The maximum atomic E-state index is 15.2. The van der Waals surface area contributed by atoms with E-state index in [1.165, 1.54) is 30.3 Å². The number of methoxy groups -OCH3 is 1. The van der Waals surface area contributed by atoms with Crippen LogP contribution in [0.3, 0.4) is 0 Å². The highest BCUT2D eigenvalue weighted by molar-refractivity contribution is 7.91. The highest BCUT2D eigenvalue weighted by atomic mass is 32.2. The van der Waals surface area contributed by atoms with Gasteiger partial charge in [-0.25, -0.2) is 22.6 Å². The molecule has 54 heavy (non-hydrogen) atoms. The predicted octanol–water partition coefficient (Wildman–Crippen LogP) is 4.86. The molecule has 0 unspecified atom stereocenters. The largest absolute Gasteiger partial charge is 0.494 e. The summed E-state index contributed by atoms with van der Waals surface area (Å²) in [5, 5.41) is 5.51. The summed E-state index contributed by atoms with van der Waals surface area (Å²) in [7, 11) is -2.57. The molecule has 6 rings (SSSR count). The number of carbonyl (C=O) groups excluding carboxylic acids is 4. The lowest BCUT2D eigenvalue weighted by Gasteiger charge is -2.33. The Bertz CT molecular complexity index is 1970. The van der Waals surface area contributed by atoms with Crippen LogP contribution in [-0.2, 0) is 29.1 Å². The molecule has 3 fully saturated rings. The van der Waals surface area contributed by atoms with Crippen molar-refractivity contribution in [3.05, 3.63) is 42.4 Å². The van der Waals surface area contributed by atoms with Gasteiger partial charge >= 0.3 is 6.09 Å². The lowest BCUT2D eigenvalue weighted by atomic mass is 9.88. The van der Waals surface area contributed by atoms with Crippen molar-refractivity contribution in [1.29, 1.82) is 0 Å². The van der Waals surface area contributed by atoms with Gasteiger partial charge < -0.3 is 29.7 Å². The van der Waals surface area contributed by atoms with Crippen LogP contribution in [0.4, 0.5) is 9.18 Å². The van der Waals surface area contributed by atoms with Gasteiger partial charge in [-0.3, -0.25) is 19.1 Å². The van der Waals surface area contributed by atoms with Crippen LogP contribution < -0.4 is 24.8 Å². The molecule has 2 aromatic rings. The normalized spacial score (nSPS) is 29.8. The van der Waals surface area contributed by atoms with Crippen molar-refractivity contribution in [3.63, 3.8) is 0 Å². The first-order chi connectivity index (χ1) is 25.4. The van der Waals surface area contributed by atoms with Crippen molar-refractivity contribution in [2.45, 2.75) is 114 Å². The van der Waals surface area contributed by atoms with Crippen LogP contribution in [0, 0.1) is 23.6 Å². The molecule has 14 nitrogen and oxygen atoms in total. The van der Waals surface area contributed by atoms with E-state index < -0.39 is 80.2 Å². The number of alkyl carbamates (subject to hydrolysis) is 1. The molecule has 4 aliphatic rings. The fourth-order valence-corrected chi connectivity index (χ4v) is 8.88. The quantitative estimate of drug-likeness (QED) is 0.329. The fourth-order valence-electron chi connectivity index (χ4n) is 7.51. The molecule has 0 bridgehead atoms. The van der Waals surface area contributed by atoms with Crippen LogP contribution in [0.15, 0.2) is 36.5 Å². The molecule has 300 valence electrons. The molecule has 3 heterocycles. The molecular weight excluding hydrogens is 722 g/mol. The molecule has 4 amide bonds. The lowest BCUT2D eigenvalue weighted by molar-refractivity contribution is -0.142. The number of benzene rings is 1. The molecule has 3 N–H and O–H groups in total. The number of allylic oxidation sites excluding steroid dienone is 1. The summed E-state index contributed by atoms with van der Waals surface area (Å²) in [6.07, 6.45) is 6.54. The molecule has 1 saturated heterocycles. The molecule has 0 radical (unpaired) electrons. The van der Waals surface area contributed by atoms with Crippen LogP contribution >= 0.6 is 0 Å². The lowest BCUT2D eigenvalue weighted by Crippen LogP contribution is -2.59. The summed E-state index contributed by atoms with van der Waals surface area (Å²) in [6.45, 7) is 8.94. The van der Waals surface area contributed by atoms with E-state index in [1.807, 2.05) is 19.1 Å². The van der Waals surface area contributed by atoms with E-state index in [0.717, 1.165) is 6.42 Å². The molecule has 0 spiro atoms. The van der Waals surface area contributed by atoms with Crippen LogP contribution in [-0.4, -0.2) is 90.3 Å². The van der Waals surface area contributed by atoms with Crippen LogP contribution in [0.1, 0.15) is 83.8 Å². The number of sulfonamides is 1. The highest BCUT2D eigenvalue weighted by Gasteiger charge is 2.62. The van der Waals surface area contributed by atoms with Crippen molar-refractivity contribution in [1.82, 2.24) is 25.2 Å². The van der Waals surface area contributed by atoms with Gasteiger partial charge in [0.25, 0.3) is 5.91 Å². The predicted molar refractivity (Wildman–Crippen MR) is 203 cm³/mol. The molecule has 16 heteroatoms. The zero-order valence-corrected chi connectivity index (χ0v) is 32.3. The maximum Gasteiger partial charge on any atom is 0.408 e. The number of rotatable bonds is 7. The first kappa shape index (κ1) is 39.2. The number of halogens is 1. The van der Waals surface area contributed by atoms with Crippen molar-refractivity contribution in [2.24, 2.45) is 17.8 Å². The van der Waals surface area contributed by atoms with Gasteiger partial charge in [-0.15, -0.1) is 0 Å². The highest BCUT2D eigenvalue weighted by Crippen LogP contribution is 2.46. The van der Waals surface area contributed by atoms with Gasteiger partial charge in [-0.1, -0.05) is 26.0 Å². The van der Waals surface area contributed by atoms with Crippen molar-refractivity contribution < 1.29 is 50.5 Å². The monoisotopic (exact) mass is 777 g/mol. The van der Waals surface area contributed by atoms with Crippen molar-refractivity contribution in [2.75, 3.05) is 13.7 Å². The van der Waals surface area contributed by atoms with E-state index >= 15 is 4.39 Å². The summed E-state index contributed by atoms with van der Waals surface area (Å²) in [5.74, 6) is -3.27. The number of aromatic nitrogens is 1. The van der Waals surface area contributed by atoms with E-state index in [9.17, 15) is 27.6 Å². The molecule has 2 aliphatic carbocycles. The molecule has 2 saturated carbocycles. The van der Waals surface area contributed by atoms with Gasteiger partial charge in [0, 0.05) is 33.6 Å². The number of hydrogen-bond acceptors (Lipinski definition) is 10. The number of hydrogen-bond donors (Lipinski definition) is 3. The van der Waals surface area contributed by atoms with Crippen LogP contribution in [0.25, 0.3) is 10.8 Å². The second-order valence-corrected chi connectivity index (χ2v) is 18.1. The summed E-state index contributed by atoms with van der Waals surface area (Å²) >= 11 is 0. The Balaban J connectivity index is 0.00000290. The molecule has 1 aromatic carbocycles. The summed E-state index contributed by atoms with van der Waals surface area (Å²) in [5.41, 5.74) is -2.40. The summed E-state index contributed by atoms with van der Waals surface area (Å²) in [6, 6.07) is 2.25. The molecule has 1 aromatic heterocycles. The Morgan fingerprint density at radius 1 is 1.09 bits per heavy atom. The number of nitrogens with zero attached hydrogens (tertiary/aromatic N) is 2. The van der Waals surface area contributed by atoms with Gasteiger partial charge in [0.1, 0.15) is 29.3 Å². The van der Waals surface area contributed by atoms with Crippen molar-refractivity contribution in [3.8, 4) is 11.6 Å². The van der Waals surface area contributed by atoms with Crippen LogP contribution in [0.2, 0.25) is 0 Å². The number of carbonyl (C=O) groups is 4. The minimum atomic E-state index is -3.92. The van der Waals surface area contributed by atoms with E-state index in [2.05, 4.69) is 27.3 Å². The molecule has 2 aliphatic heterocycles. The minimum absolute atomic E-state index is 0. The number of nitrogens with one attached hydrogen (secondary N) is 3. The van der Waals surface area contributed by atoms with Gasteiger partial charge in [0.15, 0.2) is 11.6 Å². The second-order valence-electron chi connectivity index (χ2n) is 16.2. The molecule has 7 atom stereocenters. The average molecular weight is 778 g/mol. The Morgan fingerprint density at radius 2 is 1.83 bits per heavy atom. The standard InChI is InChI=1S/C38H50FN5O9S.3H2/c1-21-9-7-8-10-23-19-38(23,35(47)43-54(49,50)25-11-12-25)42-32(45)28-18-24(52-33-27-13-14-29(51-6)30(39)26(27)15-16-40-33)20-44(28)34(46)31(22(2)17-21)41-36(48)53-37(3,4)5;;;/h8,10,13-16,21-25,28,31H,7,9,11-12,17-20H2,1-6H3,(H,41,48)(H,42,45)(H,43,47);3*1H/b10-8-;;;/t21-,22-,23-,24-,28+,31+,38-;;;/m1.../s1. The van der Waals surface area contributed by atoms with E-state index in [1.54, 1.807) is 26.8 Å². The Labute approximate surface area is 319 Å². The third-order valence-corrected chi connectivity index (χ3v) is 12.4. The van der Waals surface area contributed by atoms with E-state index in [-0.39, 0.29) is 52.5 Å². The first-order valence-corrected chi connectivity index (χ1v) is 20.1. The number of pyridine rings is 1. The first-order valence-electron chi connectivity index (χ1n) is 18.5. The van der Waals surface area contributed by atoms with Crippen molar-refractivity contribution >= 4 is 44.6 Å². The topological polar surface area (TPSA) is 182 Å². The number of fused-ring (bicyclic) bond motifs is 3. The zero-order valence-electron chi connectivity index (χ0n) is 31.5. The average Bonchev–Trinajstić information content (AvgIpc) is 4.02. The summed E-state index contributed by atoms with van der Waals surface area (Å²) < 4.78 is 60.1. The van der Waals surface area contributed by atoms with Gasteiger partial charge in [0.2, 0.25) is 27.7 Å². The van der Waals surface area contributed by atoms with Gasteiger partial charge in [-0.2, -0.15) is 0 Å². The van der Waals surface area contributed by atoms with E-state index in [4.69, 9.17) is 14.2 Å². The zero-order chi connectivity index (χ0) is 39.2. The molecular formula is C38H56FN5O9S. The Kier molecular flexibility index (Phi) is 10.9. The fraction of sp³-hybridized carbons (Fsp3) is 0.605. The smallest absolute Gasteiger partial charge is 0.408 e. The SMILES string of the molecule is COc1ccc2c(O[C@@H]3C[C@H]4C(=O)N[C@]5(C(=O)NS(=O)(=O)C6CC6)C[C@H]5/C=C\CC[C@@H](C)C[C@@H](C)[C@H](NC(=O)OC(C)(C)C)C(=O)N4C3)nccc2c1F.[HH].[HH].[HH].